The van der Waals surface area contributed by atoms with E-state index in [1.165, 1.54) is 5.56 Å². The largest absolute Gasteiger partial charge is 0.344 e. The zero-order valence-electron chi connectivity index (χ0n) is 13.5. The van der Waals surface area contributed by atoms with Crippen LogP contribution in [0.1, 0.15) is 16.7 Å². The Labute approximate surface area is 134 Å². The lowest BCUT2D eigenvalue weighted by atomic mass is 10.0. The Balaban J connectivity index is 2.23. The van der Waals surface area contributed by atoms with Crippen molar-refractivity contribution >= 4 is 34.6 Å². The van der Waals surface area contributed by atoms with Crippen LogP contribution in [-0.2, 0) is 11.8 Å². The van der Waals surface area contributed by atoms with E-state index < -0.39 is 0 Å². The van der Waals surface area contributed by atoms with Gasteiger partial charge in [0, 0.05) is 39.8 Å². The van der Waals surface area contributed by atoms with Crippen molar-refractivity contribution in [3.05, 3.63) is 63.7 Å². The van der Waals surface area contributed by atoms with E-state index >= 15 is 0 Å². The Bertz CT molecular complexity index is 1100. The lowest BCUT2D eigenvalue weighted by Gasteiger charge is -1.99. The van der Waals surface area contributed by atoms with Gasteiger partial charge in [0.05, 0.1) is 5.57 Å². The molecule has 0 radical (unpaired) electrons. The number of carbonyl (C=O) groups excluding carboxylic acids is 1. The Morgan fingerprint density at radius 1 is 1.04 bits per heavy atom. The van der Waals surface area contributed by atoms with Crippen LogP contribution in [0.5, 0.6) is 0 Å². The van der Waals surface area contributed by atoms with Crippen molar-refractivity contribution in [2.24, 2.45) is 7.05 Å². The van der Waals surface area contributed by atoms with E-state index in [4.69, 9.17) is 0 Å². The number of carbonyl (C=O) groups is 1. The zero-order chi connectivity index (χ0) is 16.3. The SMILES string of the molecule is C=c1/c(=C2/C(=O)Nc3cc(C)ccc32)c2ccc(C)cc2n1C. The first kappa shape index (κ1) is 13.8. The van der Waals surface area contributed by atoms with Crippen molar-refractivity contribution < 1.29 is 4.79 Å². The highest BCUT2D eigenvalue weighted by Crippen LogP contribution is 2.31. The monoisotopic (exact) mass is 302 g/mol. The summed E-state index contributed by atoms with van der Waals surface area (Å²) in [6.07, 6.45) is 0. The normalized spacial score (nSPS) is 15.9. The van der Waals surface area contributed by atoms with E-state index in [2.05, 4.69) is 41.6 Å². The van der Waals surface area contributed by atoms with Gasteiger partial charge in [-0.3, -0.25) is 4.79 Å². The minimum Gasteiger partial charge on any atom is -0.344 e. The minimum absolute atomic E-state index is 0.0522. The molecule has 0 unspecified atom stereocenters. The van der Waals surface area contributed by atoms with Crippen molar-refractivity contribution in [2.45, 2.75) is 13.8 Å². The molecular formula is C20H18N2O. The Hall–Kier alpha value is -2.81. The molecule has 3 aromatic rings. The number of aromatic nitrogens is 1. The summed E-state index contributed by atoms with van der Waals surface area (Å²) >= 11 is 0. The lowest BCUT2D eigenvalue weighted by molar-refractivity contribution is -0.110. The standard InChI is InChI=1S/C20H18N2O/c1-11-5-7-14-16(9-11)21-20(23)19(14)18-13(3)22(4)17-10-12(2)6-8-15(17)18/h5-10H,3H2,1-2,4H3,(H,21,23)/b19-18-. The molecule has 1 amide bonds. The summed E-state index contributed by atoms with van der Waals surface area (Å²) in [5.74, 6) is -0.0522. The molecule has 0 atom stereocenters. The zero-order valence-corrected chi connectivity index (χ0v) is 13.5. The van der Waals surface area contributed by atoms with Gasteiger partial charge in [0.1, 0.15) is 0 Å². The second-order valence-corrected chi connectivity index (χ2v) is 6.28. The Kier molecular flexibility index (Phi) is 2.76. The number of aryl methyl sites for hydroxylation is 3. The van der Waals surface area contributed by atoms with Gasteiger partial charge in [-0.25, -0.2) is 0 Å². The van der Waals surface area contributed by atoms with Crippen molar-refractivity contribution in [1.82, 2.24) is 4.57 Å². The smallest absolute Gasteiger partial charge is 0.257 e. The van der Waals surface area contributed by atoms with Gasteiger partial charge >= 0.3 is 0 Å². The molecule has 0 bridgehead atoms. The van der Waals surface area contributed by atoms with Crippen molar-refractivity contribution in [2.75, 3.05) is 5.32 Å². The Morgan fingerprint density at radius 2 is 1.74 bits per heavy atom. The van der Waals surface area contributed by atoms with Crippen LogP contribution in [0.4, 0.5) is 5.69 Å². The van der Waals surface area contributed by atoms with Crippen molar-refractivity contribution in [3.63, 3.8) is 0 Å². The summed E-state index contributed by atoms with van der Waals surface area (Å²) in [6.45, 7) is 8.32. The molecule has 2 aromatic carbocycles. The summed E-state index contributed by atoms with van der Waals surface area (Å²) < 4.78 is 2.06. The number of rotatable bonds is 0. The van der Waals surface area contributed by atoms with Gasteiger partial charge < -0.3 is 9.88 Å². The molecule has 3 heteroatoms. The van der Waals surface area contributed by atoms with Crippen LogP contribution in [0, 0.1) is 13.8 Å². The molecule has 1 N–H and O–H groups in total. The van der Waals surface area contributed by atoms with E-state index in [9.17, 15) is 4.79 Å². The van der Waals surface area contributed by atoms with Crippen LogP contribution in [0.25, 0.3) is 23.1 Å². The quantitative estimate of drug-likeness (QED) is 0.679. The maximum atomic E-state index is 12.6. The number of amides is 1. The maximum Gasteiger partial charge on any atom is 0.257 e. The maximum absolute atomic E-state index is 12.6. The second-order valence-electron chi connectivity index (χ2n) is 6.28. The fourth-order valence-electron chi connectivity index (χ4n) is 3.41. The van der Waals surface area contributed by atoms with Gasteiger partial charge in [-0.15, -0.1) is 0 Å². The third kappa shape index (κ3) is 1.86. The first-order chi connectivity index (χ1) is 11.0. The summed E-state index contributed by atoms with van der Waals surface area (Å²) in [5, 5.41) is 5.86. The highest BCUT2D eigenvalue weighted by molar-refractivity contribution is 6.32. The predicted octanol–water partition coefficient (Wildman–Crippen LogP) is 2.36. The average molecular weight is 302 g/mol. The number of fused-ring (bicyclic) bond motifs is 2. The van der Waals surface area contributed by atoms with Crippen molar-refractivity contribution in [3.8, 4) is 0 Å². The number of benzene rings is 2. The molecular weight excluding hydrogens is 284 g/mol. The van der Waals surface area contributed by atoms with Gasteiger partial charge in [0.2, 0.25) is 0 Å². The molecule has 4 rings (SSSR count). The molecule has 0 spiro atoms. The molecule has 0 saturated carbocycles. The third-order valence-corrected chi connectivity index (χ3v) is 4.65. The van der Waals surface area contributed by atoms with Gasteiger partial charge in [-0.2, -0.15) is 0 Å². The topological polar surface area (TPSA) is 34.0 Å². The second kappa shape index (κ2) is 4.59. The van der Waals surface area contributed by atoms with E-state index in [0.29, 0.717) is 0 Å². The summed E-state index contributed by atoms with van der Waals surface area (Å²) in [6, 6.07) is 12.4. The van der Waals surface area contributed by atoms with Crippen LogP contribution in [0.2, 0.25) is 0 Å². The molecule has 114 valence electrons. The minimum atomic E-state index is -0.0522. The number of nitrogens with one attached hydrogen (secondary N) is 1. The van der Waals surface area contributed by atoms with E-state index in [0.717, 1.165) is 43.9 Å². The van der Waals surface area contributed by atoms with Gasteiger partial charge in [-0.05, 0) is 37.1 Å². The van der Waals surface area contributed by atoms with Crippen LogP contribution in [0.3, 0.4) is 0 Å². The molecule has 0 saturated heterocycles. The number of anilines is 1. The molecule has 0 fully saturated rings. The molecule has 3 nitrogen and oxygen atoms in total. The van der Waals surface area contributed by atoms with Gasteiger partial charge in [-0.1, -0.05) is 30.8 Å². The van der Waals surface area contributed by atoms with Gasteiger partial charge in [0.25, 0.3) is 5.91 Å². The number of hydrogen-bond donors (Lipinski definition) is 1. The molecule has 2 heterocycles. The molecule has 0 aliphatic carbocycles. The molecule has 1 aliphatic heterocycles. The average Bonchev–Trinajstić information content (AvgIpc) is 2.94. The van der Waals surface area contributed by atoms with E-state index in [1.807, 2.05) is 32.2 Å². The summed E-state index contributed by atoms with van der Waals surface area (Å²) in [5.41, 5.74) is 5.99. The fraction of sp³-hybridized carbons (Fsp3) is 0.150. The van der Waals surface area contributed by atoms with Crippen LogP contribution in [0.15, 0.2) is 36.4 Å². The lowest BCUT2D eigenvalue weighted by Crippen LogP contribution is -2.30. The molecule has 1 aliphatic rings. The Morgan fingerprint density at radius 3 is 2.52 bits per heavy atom. The molecule has 1 aromatic heterocycles. The fourth-order valence-corrected chi connectivity index (χ4v) is 3.41. The third-order valence-electron chi connectivity index (χ3n) is 4.65. The highest BCUT2D eigenvalue weighted by Gasteiger charge is 2.26. The number of hydrogen-bond acceptors (Lipinski definition) is 1. The number of nitrogens with zero attached hydrogens (tertiary/aromatic N) is 1. The van der Waals surface area contributed by atoms with Crippen LogP contribution >= 0.6 is 0 Å². The highest BCUT2D eigenvalue weighted by atomic mass is 16.2. The van der Waals surface area contributed by atoms with E-state index in [1.54, 1.807) is 0 Å². The first-order valence-corrected chi connectivity index (χ1v) is 7.68. The predicted molar refractivity (Wildman–Crippen MR) is 94.7 cm³/mol. The van der Waals surface area contributed by atoms with E-state index in [-0.39, 0.29) is 5.91 Å². The van der Waals surface area contributed by atoms with Crippen LogP contribution in [-0.4, -0.2) is 10.5 Å². The summed E-state index contributed by atoms with van der Waals surface area (Å²) in [7, 11) is 2.00. The molecule has 23 heavy (non-hydrogen) atoms. The van der Waals surface area contributed by atoms with Crippen molar-refractivity contribution in [1.29, 1.82) is 0 Å². The first-order valence-electron chi connectivity index (χ1n) is 7.68. The van der Waals surface area contributed by atoms with Crippen LogP contribution < -0.4 is 15.9 Å². The summed E-state index contributed by atoms with van der Waals surface area (Å²) in [4.78, 5) is 12.6. The van der Waals surface area contributed by atoms with Gasteiger partial charge in [0.15, 0.2) is 0 Å².